The monoisotopic (exact) mass is 1160 g/mol. The first-order valence-electron chi connectivity index (χ1n) is 36.4. The number of hydrogen-bond acceptors (Lipinski definition) is 6. The van der Waals surface area contributed by atoms with Crippen molar-refractivity contribution in [3.8, 4) is 0 Å². The molecule has 0 aromatic rings. The normalized spacial score (nSPS) is 12.5. The van der Waals surface area contributed by atoms with Crippen LogP contribution in [0.2, 0.25) is 0 Å². The summed E-state index contributed by atoms with van der Waals surface area (Å²) in [5.74, 6) is -0.859. The van der Waals surface area contributed by atoms with E-state index >= 15 is 0 Å². The molecule has 0 fully saturated rings. The highest BCUT2D eigenvalue weighted by Crippen LogP contribution is 2.18. The van der Waals surface area contributed by atoms with Gasteiger partial charge in [0.15, 0.2) is 6.10 Å². The molecule has 0 bridgehead atoms. The zero-order valence-electron chi connectivity index (χ0n) is 55.5. The van der Waals surface area contributed by atoms with Gasteiger partial charge in [-0.1, -0.05) is 344 Å². The quantitative estimate of drug-likeness (QED) is 0.0261. The Morgan fingerprint density at radius 3 is 0.759 bits per heavy atom. The van der Waals surface area contributed by atoms with Crippen LogP contribution < -0.4 is 0 Å². The molecule has 0 aliphatic carbocycles. The Morgan fingerprint density at radius 1 is 0.253 bits per heavy atom. The van der Waals surface area contributed by atoms with Gasteiger partial charge in [-0.05, 0) is 89.9 Å². The molecule has 0 saturated carbocycles. The van der Waals surface area contributed by atoms with E-state index in [2.05, 4.69) is 93.7 Å². The fourth-order valence-corrected chi connectivity index (χ4v) is 10.8. The molecule has 0 aliphatic rings. The van der Waals surface area contributed by atoms with Crippen molar-refractivity contribution in [2.24, 2.45) is 0 Å². The topological polar surface area (TPSA) is 78.9 Å². The van der Waals surface area contributed by atoms with Gasteiger partial charge in [-0.2, -0.15) is 0 Å². The molecule has 0 aromatic carbocycles. The van der Waals surface area contributed by atoms with Crippen LogP contribution >= 0.6 is 0 Å². The van der Waals surface area contributed by atoms with Gasteiger partial charge < -0.3 is 14.2 Å². The van der Waals surface area contributed by atoms with Crippen LogP contribution in [0.25, 0.3) is 0 Å². The van der Waals surface area contributed by atoms with Crippen molar-refractivity contribution >= 4 is 17.9 Å². The van der Waals surface area contributed by atoms with E-state index in [1.165, 1.54) is 244 Å². The van der Waals surface area contributed by atoms with Crippen molar-refractivity contribution in [1.29, 1.82) is 0 Å². The second kappa shape index (κ2) is 71.3. The molecule has 6 heteroatoms. The molecule has 0 rings (SSSR count). The molecule has 1 unspecified atom stereocenters. The largest absolute Gasteiger partial charge is 0.462 e. The third kappa shape index (κ3) is 69.5. The van der Waals surface area contributed by atoms with Gasteiger partial charge in [0.2, 0.25) is 0 Å². The van der Waals surface area contributed by atoms with E-state index in [4.69, 9.17) is 14.2 Å². The second-order valence-corrected chi connectivity index (χ2v) is 24.5. The van der Waals surface area contributed by atoms with Crippen molar-refractivity contribution in [2.45, 2.75) is 386 Å². The molecule has 83 heavy (non-hydrogen) atoms. The van der Waals surface area contributed by atoms with Crippen LogP contribution in [-0.4, -0.2) is 37.2 Å². The molecule has 0 N–H and O–H groups in total. The van der Waals surface area contributed by atoms with E-state index in [1.54, 1.807) is 0 Å². The van der Waals surface area contributed by atoms with Gasteiger partial charge in [-0.15, -0.1) is 0 Å². The van der Waals surface area contributed by atoms with E-state index in [1.807, 2.05) is 0 Å². The minimum absolute atomic E-state index is 0.0739. The maximum absolute atomic E-state index is 13.0. The summed E-state index contributed by atoms with van der Waals surface area (Å²) in [6, 6.07) is 0. The van der Waals surface area contributed by atoms with Gasteiger partial charge in [0.05, 0.1) is 0 Å². The van der Waals surface area contributed by atoms with E-state index in [-0.39, 0.29) is 31.1 Å². The molecule has 0 spiro atoms. The zero-order valence-corrected chi connectivity index (χ0v) is 55.5. The van der Waals surface area contributed by atoms with Crippen LogP contribution in [0, 0.1) is 0 Å². The summed E-state index contributed by atoms with van der Waals surface area (Å²) < 4.78 is 17.0. The van der Waals surface area contributed by atoms with Crippen molar-refractivity contribution in [3.05, 3.63) is 72.9 Å². The molecule has 6 nitrogen and oxygen atoms in total. The van der Waals surface area contributed by atoms with Crippen molar-refractivity contribution in [1.82, 2.24) is 0 Å². The lowest BCUT2D eigenvalue weighted by Gasteiger charge is -2.18. The summed E-state index contributed by atoms with van der Waals surface area (Å²) in [6.07, 6.45) is 93.7. The highest BCUT2D eigenvalue weighted by atomic mass is 16.6. The van der Waals surface area contributed by atoms with Crippen LogP contribution in [0.1, 0.15) is 380 Å². The molecule has 0 amide bonds. The molecule has 0 aliphatic heterocycles. The molecular weight excluding hydrogens is 1020 g/mol. The van der Waals surface area contributed by atoms with Gasteiger partial charge in [-0.25, -0.2) is 0 Å². The van der Waals surface area contributed by atoms with Gasteiger partial charge >= 0.3 is 17.9 Å². The summed E-state index contributed by atoms with van der Waals surface area (Å²) in [5, 5.41) is 0. The third-order valence-corrected chi connectivity index (χ3v) is 16.2. The predicted molar refractivity (Wildman–Crippen MR) is 362 cm³/mol. The zero-order chi connectivity index (χ0) is 59.9. The molecular formula is C77H138O6. The Balaban J connectivity index is 4.23. The fraction of sp³-hybridized carbons (Fsp3) is 0.805. The number of allylic oxidation sites excluding steroid dienone is 12. The minimum atomic E-state index is -0.778. The van der Waals surface area contributed by atoms with Gasteiger partial charge in [-0.3, -0.25) is 14.4 Å². The number of hydrogen-bond donors (Lipinski definition) is 0. The number of carbonyl (C=O) groups is 3. The summed E-state index contributed by atoms with van der Waals surface area (Å²) >= 11 is 0. The second-order valence-electron chi connectivity index (χ2n) is 24.5. The van der Waals surface area contributed by atoms with E-state index < -0.39 is 6.10 Å². The molecule has 482 valence electrons. The van der Waals surface area contributed by atoms with Gasteiger partial charge in [0.1, 0.15) is 13.2 Å². The highest BCUT2D eigenvalue weighted by Gasteiger charge is 2.19. The summed E-state index contributed by atoms with van der Waals surface area (Å²) in [7, 11) is 0. The molecule has 0 aromatic heterocycles. The van der Waals surface area contributed by atoms with Crippen LogP contribution in [-0.2, 0) is 28.6 Å². The van der Waals surface area contributed by atoms with Crippen LogP contribution in [0.3, 0.4) is 0 Å². The van der Waals surface area contributed by atoms with Crippen molar-refractivity contribution in [3.63, 3.8) is 0 Å². The summed E-state index contributed by atoms with van der Waals surface area (Å²) in [6.45, 7) is 6.57. The average molecular weight is 1160 g/mol. The van der Waals surface area contributed by atoms with Crippen LogP contribution in [0.15, 0.2) is 72.9 Å². The Labute approximate surface area is 516 Å². The number of unbranched alkanes of at least 4 members (excludes halogenated alkanes) is 44. The average Bonchev–Trinajstić information content (AvgIpc) is 3.49. The standard InChI is InChI=1S/C77H138O6/c1-4-7-10-13-16-19-22-25-27-29-31-33-35-36-37-38-39-40-42-43-45-47-49-52-55-58-61-64-67-70-76(79)82-73-74(72-81-75(78)69-66-63-60-57-54-51-24-21-18-15-12-9-6-3)83-77(80)71-68-65-62-59-56-53-50-48-46-44-41-34-32-30-28-26-23-20-17-14-11-8-5-2/h7,10,16,19,21,24-25,27,31,33,36-37,74H,4-6,8-9,11-15,17-18,20,22-23,26,28-30,32,34-35,38-73H2,1-3H3/b10-7-,19-16-,24-21-,27-25-,33-31-,37-36-. The third-order valence-electron chi connectivity index (χ3n) is 16.2. The lowest BCUT2D eigenvalue weighted by Crippen LogP contribution is -2.30. The summed E-state index contributed by atoms with van der Waals surface area (Å²) in [5.41, 5.74) is 0. The van der Waals surface area contributed by atoms with Crippen molar-refractivity contribution < 1.29 is 28.6 Å². The SMILES string of the molecule is CC/C=C\C/C=C\C/C=C\C/C=C\C/C=C\CCCCCCCCCCCCCCCC(=O)OCC(COC(=O)CCCCCCC/C=C\CCCCCC)OC(=O)CCCCCCCCCCCCCCCCCCCCCCCCC. The number of esters is 3. The first kappa shape index (κ1) is 79.8. The Bertz CT molecular complexity index is 1520. The molecule has 0 saturated heterocycles. The van der Waals surface area contributed by atoms with Crippen molar-refractivity contribution in [2.75, 3.05) is 13.2 Å². The lowest BCUT2D eigenvalue weighted by atomic mass is 10.0. The summed E-state index contributed by atoms with van der Waals surface area (Å²) in [4.78, 5) is 38.5. The van der Waals surface area contributed by atoms with Crippen LogP contribution in [0.4, 0.5) is 0 Å². The first-order valence-corrected chi connectivity index (χ1v) is 36.4. The predicted octanol–water partition coefficient (Wildman–Crippen LogP) is 25.2. The minimum Gasteiger partial charge on any atom is -0.462 e. The van der Waals surface area contributed by atoms with Gasteiger partial charge in [0.25, 0.3) is 0 Å². The Kier molecular flexibility index (Phi) is 68.6. The number of rotatable bonds is 67. The van der Waals surface area contributed by atoms with Crippen LogP contribution in [0.5, 0.6) is 0 Å². The number of carbonyl (C=O) groups excluding carboxylic acids is 3. The smallest absolute Gasteiger partial charge is 0.306 e. The number of ether oxygens (including phenoxy) is 3. The molecule has 0 radical (unpaired) electrons. The lowest BCUT2D eigenvalue weighted by molar-refractivity contribution is -0.167. The maximum atomic E-state index is 13.0. The Morgan fingerprint density at radius 2 is 0.470 bits per heavy atom. The van der Waals surface area contributed by atoms with Gasteiger partial charge in [0, 0.05) is 19.3 Å². The van der Waals surface area contributed by atoms with E-state index in [0.717, 1.165) is 96.3 Å². The fourth-order valence-electron chi connectivity index (χ4n) is 10.8. The van der Waals surface area contributed by atoms with E-state index in [0.29, 0.717) is 19.3 Å². The highest BCUT2D eigenvalue weighted by molar-refractivity contribution is 5.71. The first-order chi connectivity index (χ1) is 41.0. The molecule has 1 atom stereocenters. The Hall–Kier alpha value is -3.15. The molecule has 0 heterocycles. The van der Waals surface area contributed by atoms with E-state index in [9.17, 15) is 14.4 Å². The maximum Gasteiger partial charge on any atom is 0.306 e.